The first-order valence-corrected chi connectivity index (χ1v) is 7.39. The van der Waals surface area contributed by atoms with Gasteiger partial charge in [-0.15, -0.1) is 6.58 Å². The van der Waals surface area contributed by atoms with Crippen molar-refractivity contribution in [2.24, 2.45) is 0 Å². The zero-order valence-electron chi connectivity index (χ0n) is 13.1. The molecule has 2 amide bonds. The Morgan fingerprint density at radius 1 is 1.09 bits per heavy atom. The number of nitrogens with one attached hydrogen (secondary N) is 2. The molecule has 0 bridgehead atoms. The minimum absolute atomic E-state index is 0.176. The predicted molar refractivity (Wildman–Crippen MR) is 90.9 cm³/mol. The molecule has 0 spiro atoms. The zero-order chi connectivity index (χ0) is 15.9. The van der Waals surface area contributed by atoms with Crippen molar-refractivity contribution in [1.82, 2.24) is 10.6 Å². The molecule has 0 fully saturated rings. The lowest BCUT2D eigenvalue weighted by Gasteiger charge is -2.21. The summed E-state index contributed by atoms with van der Waals surface area (Å²) in [4.78, 5) is 12.0. The molecule has 2 aromatic carbocycles. The van der Waals surface area contributed by atoms with Gasteiger partial charge in [-0.05, 0) is 36.1 Å². The van der Waals surface area contributed by atoms with Gasteiger partial charge in [-0.3, -0.25) is 0 Å². The van der Waals surface area contributed by atoms with Crippen molar-refractivity contribution in [1.29, 1.82) is 0 Å². The summed E-state index contributed by atoms with van der Waals surface area (Å²) in [6, 6.07) is 15.9. The van der Waals surface area contributed by atoms with Gasteiger partial charge in [0.25, 0.3) is 0 Å². The highest BCUT2D eigenvalue weighted by Gasteiger charge is 2.16. The predicted octanol–water partition coefficient (Wildman–Crippen LogP) is 3.88. The maximum Gasteiger partial charge on any atom is 0.315 e. The number of carbonyl (C=O) groups excluding carboxylic acids is 1. The third kappa shape index (κ3) is 3.98. The summed E-state index contributed by atoms with van der Waals surface area (Å²) >= 11 is 0. The summed E-state index contributed by atoms with van der Waals surface area (Å²) in [5.41, 5.74) is 4.58. The second kappa shape index (κ2) is 7.46. The Bertz CT molecular complexity index is 650. The van der Waals surface area contributed by atoms with Crippen LogP contribution < -0.4 is 10.6 Å². The highest BCUT2D eigenvalue weighted by Crippen LogP contribution is 2.23. The quantitative estimate of drug-likeness (QED) is 0.807. The van der Waals surface area contributed by atoms with Gasteiger partial charge in [0, 0.05) is 6.54 Å². The highest BCUT2D eigenvalue weighted by atomic mass is 16.2. The number of urea groups is 1. The third-order valence-electron chi connectivity index (χ3n) is 3.68. The largest absolute Gasteiger partial charge is 0.335 e. The first-order valence-electron chi connectivity index (χ1n) is 7.39. The van der Waals surface area contributed by atoms with E-state index >= 15 is 0 Å². The van der Waals surface area contributed by atoms with E-state index in [-0.39, 0.29) is 12.1 Å². The molecule has 0 saturated heterocycles. The lowest BCUT2D eigenvalue weighted by Crippen LogP contribution is -2.38. The van der Waals surface area contributed by atoms with E-state index in [1.807, 2.05) is 30.3 Å². The lowest BCUT2D eigenvalue weighted by atomic mass is 9.96. The van der Waals surface area contributed by atoms with Crippen molar-refractivity contribution in [3.05, 3.63) is 83.4 Å². The Hall–Kier alpha value is -2.55. The normalized spacial score (nSPS) is 11.5. The van der Waals surface area contributed by atoms with Gasteiger partial charge < -0.3 is 10.6 Å². The summed E-state index contributed by atoms with van der Waals surface area (Å²) in [6.07, 6.45) is 1.66. The van der Waals surface area contributed by atoms with Crippen LogP contribution in [0.25, 0.3) is 0 Å². The molecule has 3 nitrogen and oxygen atoms in total. The van der Waals surface area contributed by atoms with E-state index in [4.69, 9.17) is 0 Å². The first-order chi connectivity index (χ1) is 10.6. The summed E-state index contributed by atoms with van der Waals surface area (Å²) in [6.45, 7) is 8.22. The van der Waals surface area contributed by atoms with E-state index in [9.17, 15) is 4.79 Å². The van der Waals surface area contributed by atoms with Gasteiger partial charge in [-0.2, -0.15) is 0 Å². The molecule has 2 N–H and O–H groups in total. The molecule has 22 heavy (non-hydrogen) atoms. The molecule has 0 aliphatic carbocycles. The van der Waals surface area contributed by atoms with E-state index < -0.39 is 0 Å². The Kier molecular flexibility index (Phi) is 5.37. The summed E-state index contributed by atoms with van der Waals surface area (Å²) < 4.78 is 0. The number of aryl methyl sites for hydroxylation is 2. The second-order valence-corrected chi connectivity index (χ2v) is 5.33. The monoisotopic (exact) mass is 294 g/mol. The maximum absolute atomic E-state index is 12.0. The fourth-order valence-corrected chi connectivity index (χ4v) is 2.30. The molecular formula is C19H22N2O. The van der Waals surface area contributed by atoms with Crippen LogP contribution in [0.2, 0.25) is 0 Å². The van der Waals surface area contributed by atoms with Gasteiger partial charge in [0.15, 0.2) is 0 Å². The van der Waals surface area contributed by atoms with E-state index in [1.165, 1.54) is 11.1 Å². The fraction of sp³-hybridized carbons (Fsp3) is 0.211. The van der Waals surface area contributed by atoms with Gasteiger partial charge in [-0.1, -0.05) is 54.6 Å². The van der Waals surface area contributed by atoms with Crippen molar-refractivity contribution in [3.63, 3.8) is 0 Å². The summed E-state index contributed by atoms with van der Waals surface area (Å²) in [5, 5.41) is 5.79. The molecule has 2 aromatic rings. The van der Waals surface area contributed by atoms with Crippen LogP contribution in [-0.2, 0) is 0 Å². The zero-order valence-corrected chi connectivity index (χ0v) is 13.1. The molecule has 0 radical (unpaired) electrons. The van der Waals surface area contributed by atoms with Crippen molar-refractivity contribution in [3.8, 4) is 0 Å². The van der Waals surface area contributed by atoms with Crippen molar-refractivity contribution >= 4 is 6.03 Å². The molecule has 0 aliphatic heterocycles. The van der Waals surface area contributed by atoms with Crippen LogP contribution in [0.15, 0.2) is 61.2 Å². The van der Waals surface area contributed by atoms with Crippen LogP contribution in [0.3, 0.4) is 0 Å². The maximum atomic E-state index is 12.0. The molecule has 114 valence electrons. The van der Waals surface area contributed by atoms with Crippen LogP contribution in [0.5, 0.6) is 0 Å². The Morgan fingerprint density at radius 2 is 1.82 bits per heavy atom. The molecule has 2 rings (SSSR count). The number of carbonyl (C=O) groups is 1. The number of hydrogen-bond acceptors (Lipinski definition) is 1. The average molecular weight is 294 g/mol. The van der Waals surface area contributed by atoms with Gasteiger partial charge >= 0.3 is 6.03 Å². The van der Waals surface area contributed by atoms with Gasteiger partial charge in [0.05, 0.1) is 6.04 Å². The van der Waals surface area contributed by atoms with E-state index in [1.54, 1.807) is 6.08 Å². The smallest absolute Gasteiger partial charge is 0.315 e. The van der Waals surface area contributed by atoms with Crippen LogP contribution >= 0.6 is 0 Å². The Balaban J connectivity index is 2.31. The topological polar surface area (TPSA) is 41.1 Å². The molecule has 0 aliphatic rings. The highest BCUT2D eigenvalue weighted by molar-refractivity contribution is 5.75. The number of hydrogen-bond donors (Lipinski definition) is 2. The lowest BCUT2D eigenvalue weighted by molar-refractivity contribution is 0.239. The van der Waals surface area contributed by atoms with Crippen LogP contribution in [0.1, 0.15) is 28.3 Å². The molecule has 0 heterocycles. The Morgan fingerprint density at radius 3 is 2.45 bits per heavy atom. The molecule has 1 atom stereocenters. The first kappa shape index (κ1) is 15.8. The second-order valence-electron chi connectivity index (χ2n) is 5.33. The van der Waals surface area contributed by atoms with Crippen LogP contribution in [0, 0.1) is 13.8 Å². The minimum atomic E-state index is -0.202. The van der Waals surface area contributed by atoms with Crippen LogP contribution in [-0.4, -0.2) is 12.6 Å². The van der Waals surface area contributed by atoms with E-state index in [0.717, 1.165) is 11.1 Å². The number of benzene rings is 2. The molecule has 0 aromatic heterocycles. The van der Waals surface area contributed by atoms with E-state index in [2.05, 4.69) is 49.3 Å². The Labute approximate surface area is 132 Å². The third-order valence-corrected chi connectivity index (χ3v) is 3.68. The van der Waals surface area contributed by atoms with E-state index in [0.29, 0.717) is 6.54 Å². The standard InChI is InChI=1S/C19H22N2O/c1-4-12-20-19(22)21-18(16-8-6-5-7-9-16)17-11-10-14(2)15(3)13-17/h4-11,13,18H,1,12H2,2-3H3,(H2,20,21,22). The summed E-state index contributed by atoms with van der Waals surface area (Å²) in [7, 11) is 0. The molecule has 0 saturated carbocycles. The van der Waals surface area contributed by atoms with Gasteiger partial charge in [0.2, 0.25) is 0 Å². The average Bonchev–Trinajstić information content (AvgIpc) is 2.54. The van der Waals surface area contributed by atoms with Gasteiger partial charge in [0.1, 0.15) is 0 Å². The van der Waals surface area contributed by atoms with Gasteiger partial charge in [-0.25, -0.2) is 4.79 Å². The van der Waals surface area contributed by atoms with Crippen molar-refractivity contribution in [2.45, 2.75) is 19.9 Å². The molecule has 1 unspecified atom stereocenters. The SMILES string of the molecule is C=CCNC(=O)NC(c1ccccc1)c1ccc(C)c(C)c1. The fourth-order valence-electron chi connectivity index (χ4n) is 2.30. The number of amides is 2. The van der Waals surface area contributed by atoms with Crippen molar-refractivity contribution in [2.75, 3.05) is 6.54 Å². The summed E-state index contributed by atoms with van der Waals surface area (Å²) in [5.74, 6) is 0. The molecule has 3 heteroatoms. The van der Waals surface area contributed by atoms with Crippen LogP contribution in [0.4, 0.5) is 4.79 Å². The number of rotatable bonds is 5. The molecular weight excluding hydrogens is 272 g/mol. The van der Waals surface area contributed by atoms with Crippen molar-refractivity contribution < 1.29 is 4.79 Å². The minimum Gasteiger partial charge on any atom is -0.335 e.